The van der Waals surface area contributed by atoms with Crippen molar-refractivity contribution in [1.29, 1.82) is 0 Å². The summed E-state index contributed by atoms with van der Waals surface area (Å²) in [5.74, 6) is 0.908. The van der Waals surface area contributed by atoms with Crippen LogP contribution in [0.25, 0.3) is 11.2 Å². The normalized spacial score (nSPS) is 23.7. The van der Waals surface area contributed by atoms with Crippen LogP contribution in [-0.2, 0) is 17.7 Å². The second-order valence-corrected chi connectivity index (χ2v) is 8.89. The number of rotatable bonds is 5. The molecule has 1 aliphatic carbocycles. The topological polar surface area (TPSA) is 66.1 Å². The molecule has 1 unspecified atom stereocenters. The number of hydrogen-bond acceptors (Lipinski definition) is 5. The van der Waals surface area contributed by atoms with Crippen molar-refractivity contribution < 1.29 is 4.74 Å². The Bertz CT molecular complexity index is 1040. The van der Waals surface area contributed by atoms with Crippen LogP contribution in [0.2, 0.25) is 0 Å². The summed E-state index contributed by atoms with van der Waals surface area (Å²) < 4.78 is 5.53. The van der Waals surface area contributed by atoms with Gasteiger partial charge in [0, 0.05) is 37.1 Å². The molecule has 0 radical (unpaired) electrons. The fraction of sp³-hybridized carbons (Fsp3) is 0.500. The van der Waals surface area contributed by atoms with Crippen LogP contribution in [0.15, 0.2) is 30.5 Å². The molecule has 2 aromatic heterocycles. The molecule has 0 spiro atoms. The van der Waals surface area contributed by atoms with E-state index in [0.717, 1.165) is 30.0 Å². The highest BCUT2D eigenvalue weighted by atomic mass is 16.5. The average Bonchev–Trinajstić information content (AvgIpc) is 3.35. The largest absolute Gasteiger partial charge is 0.381 e. The van der Waals surface area contributed by atoms with Gasteiger partial charge >= 0.3 is 0 Å². The minimum atomic E-state index is 0.252. The number of nitrogens with zero attached hydrogens (tertiary/aromatic N) is 3. The van der Waals surface area contributed by atoms with Crippen LogP contribution >= 0.6 is 0 Å². The Morgan fingerprint density at radius 3 is 2.80 bits per heavy atom. The van der Waals surface area contributed by atoms with E-state index in [1.54, 1.807) is 0 Å². The second kappa shape index (κ2) is 8.00. The van der Waals surface area contributed by atoms with Crippen molar-refractivity contribution in [3.05, 3.63) is 53.0 Å². The summed E-state index contributed by atoms with van der Waals surface area (Å²) in [6.45, 7) is 2.97. The standard InChI is InChI=1S/C24H31N5O/c1-15-26-23-20(10-11-25-24(23)27-15)22-13-17-5-4-16(12-21(17)28-22)14-29(2)18-6-8-19(30-3)9-7-18/h4-5,10-12,18-19,22,28H,6-9,13-14H2,1-3H3,(H,25,26,27). The Hall–Kier alpha value is -2.44. The summed E-state index contributed by atoms with van der Waals surface area (Å²) in [5, 5.41) is 3.75. The summed E-state index contributed by atoms with van der Waals surface area (Å²) >= 11 is 0. The van der Waals surface area contributed by atoms with Crippen molar-refractivity contribution in [2.45, 2.75) is 63.8 Å². The molecule has 3 heterocycles. The van der Waals surface area contributed by atoms with Crippen molar-refractivity contribution in [3.8, 4) is 0 Å². The zero-order valence-corrected chi connectivity index (χ0v) is 18.1. The van der Waals surface area contributed by atoms with E-state index >= 15 is 0 Å². The van der Waals surface area contributed by atoms with Gasteiger partial charge in [0.25, 0.3) is 0 Å². The number of methoxy groups -OCH3 is 1. The molecule has 2 N–H and O–H groups in total. The summed E-state index contributed by atoms with van der Waals surface area (Å²) in [7, 11) is 4.10. The molecule has 0 bridgehead atoms. The van der Waals surface area contributed by atoms with E-state index < -0.39 is 0 Å². The molecule has 6 heteroatoms. The number of benzene rings is 1. The van der Waals surface area contributed by atoms with E-state index in [1.807, 2.05) is 20.2 Å². The summed E-state index contributed by atoms with van der Waals surface area (Å²) in [6.07, 6.45) is 8.10. The van der Waals surface area contributed by atoms with Gasteiger partial charge in [-0.15, -0.1) is 0 Å². The summed E-state index contributed by atoms with van der Waals surface area (Å²) in [4.78, 5) is 14.8. The van der Waals surface area contributed by atoms with Crippen molar-refractivity contribution in [2.24, 2.45) is 0 Å². The zero-order valence-electron chi connectivity index (χ0n) is 18.1. The fourth-order valence-corrected chi connectivity index (χ4v) is 5.16. The fourth-order valence-electron chi connectivity index (χ4n) is 5.16. The Morgan fingerprint density at radius 2 is 2.00 bits per heavy atom. The van der Waals surface area contributed by atoms with Gasteiger partial charge in [0.2, 0.25) is 0 Å². The van der Waals surface area contributed by atoms with E-state index in [2.05, 4.69) is 56.5 Å². The number of aromatic nitrogens is 3. The quantitative estimate of drug-likeness (QED) is 0.660. The molecule has 1 aromatic carbocycles. The number of aryl methyl sites for hydroxylation is 1. The molecule has 1 aliphatic heterocycles. The summed E-state index contributed by atoms with van der Waals surface area (Å²) in [6, 6.07) is 9.94. The number of fused-ring (bicyclic) bond motifs is 2. The van der Waals surface area contributed by atoms with Crippen LogP contribution in [0.1, 0.15) is 54.2 Å². The first-order valence-corrected chi connectivity index (χ1v) is 11.0. The highest BCUT2D eigenvalue weighted by Gasteiger charge is 2.26. The van der Waals surface area contributed by atoms with Gasteiger partial charge in [-0.1, -0.05) is 12.1 Å². The number of anilines is 1. The number of imidazole rings is 1. The molecule has 1 atom stereocenters. The van der Waals surface area contributed by atoms with Gasteiger partial charge in [-0.3, -0.25) is 4.90 Å². The minimum absolute atomic E-state index is 0.252. The van der Waals surface area contributed by atoms with Gasteiger partial charge in [-0.25, -0.2) is 9.97 Å². The maximum absolute atomic E-state index is 5.53. The third-order valence-corrected chi connectivity index (χ3v) is 6.88. The van der Waals surface area contributed by atoms with Crippen molar-refractivity contribution in [1.82, 2.24) is 19.9 Å². The van der Waals surface area contributed by atoms with Crippen molar-refractivity contribution in [2.75, 3.05) is 19.5 Å². The van der Waals surface area contributed by atoms with Crippen LogP contribution in [0.5, 0.6) is 0 Å². The molecule has 2 aliphatic rings. The van der Waals surface area contributed by atoms with E-state index in [1.165, 1.54) is 48.1 Å². The maximum atomic E-state index is 5.53. The molecule has 30 heavy (non-hydrogen) atoms. The molecule has 6 nitrogen and oxygen atoms in total. The van der Waals surface area contributed by atoms with Crippen LogP contribution < -0.4 is 5.32 Å². The highest BCUT2D eigenvalue weighted by molar-refractivity contribution is 5.77. The van der Waals surface area contributed by atoms with Gasteiger partial charge < -0.3 is 15.0 Å². The first-order chi connectivity index (χ1) is 14.6. The minimum Gasteiger partial charge on any atom is -0.381 e. The van der Waals surface area contributed by atoms with Crippen LogP contribution in [-0.4, -0.2) is 46.2 Å². The smallest absolute Gasteiger partial charge is 0.178 e. The third kappa shape index (κ3) is 3.70. The highest BCUT2D eigenvalue weighted by Crippen LogP contribution is 2.37. The molecular weight excluding hydrogens is 374 g/mol. The number of nitrogens with one attached hydrogen (secondary N) is 2. The monoisotopic (exact) mass is 405 g/mol. The number of hydrogen-bond donors (Lipinski definition) is 2. The molecular formula is C24H31N5O. The average molecular weight is 406 g/mol. The molecule has 1 saturated carbocycles. The molecule has 0 saturated heterocycles. The van der Waals surface area contributed by atoms with E-state index in [4.69, 9.17) is 4.74 Å². The Balaban J connectivity index is 1.28. The van der Waals surface area contributed by atoms with Crippen LogP contribution in [0, 0.1) is 6.92 Å². The summed E-state index contributed by atoms with van der Waals surface area (Å²) in [5.41, 5.74) is 7.10. The Morgan fingerprint density at radius 1 is 1.17 bits per heavy atom. The van der Waals surface area contributed by atoms with Gasteiger partial charge in [0.15, 0.2) is 5.65 Å². The zero-order chi connectivity index (χ0) is 20.7. The SMILES string of the molecule is COC1CCC(N(C)Cc2ccc3c(c2)NC(c2ccnc4nc(C)[nH]c24)C3)CC1. The van der Waals surface area contributed by atoms with Crippen LogP contribution in [0.4, 0.5) is 5.69 Å². The molecule has 1 fully saturated rings. The lowest BCUT2D eigenvalue weighted by atomic mass is 9.92. The van der Waals surface area contributed by atoms with Gasteiger partial charge in [0.1, 0.15) is 5.82 Å². The lowest BCUT2D eigenvalue weighted by Gasteiger charge is -2.34. The van der Waals surface area contributed by atoms with E-state index in [-0.39, 0.29) is 6.04 Å². The van der Waals surface area contributed by atoms with Crippen molar-refractivity contribution in [3.63, 3.8) is 0 Å². The second-order valence-electron chi connectivity index (χ2n) is 8.89. The van der Waals surface area contributed by atoms with E-state index in [0.29, 0.717) is 12.1 Å². The van der Waals surface area contributed by atoms with E-state index in [9.17, 15) is 0 Å². The molecule has 0 amide bonds. The predicted octanol–water partition coefficient (Wildman–Crippen LogP) is 4.37. The van der Waals surface area contributed by atoms with Gasteiger partial charge in [0.05, 0.1) is 17.7 Å². The first-order valence-electron chi connectivity index (χ1n) is 11.0. The number of aromatic amines is 1. The Kier molecular flexibility index (Phi) is 5.21. The van der Waals surface area contributed by atoms with Gasteiger partial charge in [-0.05, 0) is 69.3 Å². The lowest BCUT2D eigenvalue weighted by Crippen LogP contribution is -2.36. The number of H-pyrrole nitrogens is 1. The van der Waals surface area contributed by atoms with Gasteiger partial charge in [-0.2, -0.15) is 0 Å². The van der Waals surface area contributed by atoms with Crippen LogP contribution in [0.3, 0.4) is 0 Å². The first kappa shape index (κ1) is 19.5. The third-order valence-electron chi connectivity index (χ3n) is 6.88. The molecule has 3 aromatic rings. The number of ether oxygens (including phenoxy) is 1. The predicted molar refractivity (Wildman–Crippen MR) is 120 cm³/mol. The maximum Gasteiger partial charge on any atom is 0.178 e. The Labute approximate surface area is 178 Å². The lowest BCUT2D eigenvalue weighted by molar-refractivity contribution is 0.0427. The van der Waals surface area contributed by atoms with Crippen molar-refractivity contribution >= 4 is 16.9 Å². The number of pyridine rings is 1. The molecule has 5 rings (SSSR count). The molecule has 158 valence electrons.